The lowest BCUT2D eigenvalue weighted by Crippen LogP contribution is -2.25. The third kappa shape index (κ3) is 7.33. The Morgan fingerprint density at radius 1 is 0.889 bits per heavy atom. The first-order valence-electron chi connectivity index (χ1n) is 9.83. The molecule has 1 amide bonds. The number of carbonyl (C=O) groups excluding carboxylic acids is 1. The molecule has 2 aromatic rings. The van der Waals surface area contributed by atoms with Crippen LogP contribution in [0.3, 0.4) is 0 Å². The highest BCUT2D eigenvalue weighted by molar-refractivity contribution is 5.75. The molecule has 2 rings (SSSR count). The van der Waals surface area contributed by atoms with Crippen molar-refractivity contribution in [3.63, 3.8) is 0 Å². The maximum absolute atomic E-state index is 12.0. The number of rotatable bonds is 11. The van der Waals surface area contributed by atoms with Gasteiger partial charge in [0.2, 0.25) is 5.91 Å². The van der Waals surface area contributed by atoms with Crippen LogP contribution in [0, 0.1) is 6.92 Å². The fraction of sp³-hybridized carbons (Fsp3) is 0.435. The predicted molar refractivity (Wildman–Crippen MR) is 110 cm³/mol. The molecule has 0 atom stereocenters. The third-order valence-electron chi connectivity index (χ3n) is 4.33. The van der Waals surface area contributed by atoms with Crippen molar-refractivity contribution in [3.8, 4) is 11.5 Å². The molecule has 0 aliphatic carbocycles. The summed E-state index contributed by atoms with van der Waals surface area (Å²) in [5.41, 5.74) is 3.67. The highest BCUT2D eigenvalue weighted by atomic mass is 16.5. The Kier molecular flexibility index (Phi) is 8.69. The molecule has 1 N–H and O–H groups in total. The molecule has 0 fully saturated rings. The minimum Gasteiger partial charge on any atom is -0.490 e. The van der Waals surface area contributed by atoms with Gasteiger partial charge < -0.3 is 14.8 Å². The normalized spacial score (nSPS) is 10.5. The van der Waals surface area contributed by atoms with Crippen LogP contribution in [-0.4, -0.2) is 25.7 Å². The smallest absolute Gasteiger partial charge is 0.220 e. The lowest BCUT2D eigenvalue weighted by Gasteiger charge is -2.12. The number of ether oxygens (including phenoxy) is 2. The molecule has 0 bridgehead atoms. The molecule has 2 aromatic carbocycles. The first-order chi connectivity index (χ1) is 13.1. The highest BCUT2D eigenvalue weighted by Crippen LogP contribution is 2.28. The topological polar surface area (TPSA) is 47.6 Å². The van der Waals surface area contributed by atoms with Crippen molar-refractivity contribution in [2.24, 2.45) is 0 Å². The Morgan fingerprint density at radius 3 is 2.26 bits per heavy atom. The van der Waals surface area contributed by atoms with Gasteiger partial charge in [-0.2, -0.15) is 0 Å². The second-order valence-corrected chi connectivity index (χ2v) is 6.59. The van der Waals surface area contributed by atoms with Gasteiger partial charge in [0.05, 0.1) is 13.2 Å². The molecule has 4 nitrogen and oxygen atoms in total. The minimum absolute atomic E-state index is 0.109. The molecule has 0 radical (unpaired) electrons. The molecular formula is C23H31NO3. The standard InChI is InChI=1S/C23H31NO3/c1-4-26-21-14-13-20(17-22(21)27-5-2)15-16-24-23(25)8-6-7-19-11-9-18(3)10-12-19/h9-14,17H,4-8,15-16H2,1-3H3,(H,24,25). The van der Waals surface area contributed by atoms with E-state index in [1.165, 1.54) is 11.1 Å². The lowest BCUT2D eigenvalue weighted by molar-refractivity contribution is -0.121. The van der Waals surface area contributed by atoms with Crippen LogP contribution in [0.25, 0.3) is 0 Å². The number of carbonyl (C=O) groups is 1. The molecule has 146 valence electrons. The van der Waals surface area contributed by atoms with Crippen molar-refractivity contribution in [2.45, 2.75) is 46.5 Å². The Labute approximate surface area is 162 Å². The number of hydrogen-bond acceptors (Lipinski definition) is 3. The summed E-state index contributed by atoms with van der Waals surface area (Å²) in [5.74, 6) is 1.64. The predicted octanol–water partition coefficient (Wildman–Crippen LogP) is 4.47. The molecule has 27 heavy (non-hydrogen) atoms. The first-order valence-corrected chi connectivity index (χ1v) is 9.83. The van der Waals surface area contributed by atoms with Crippen molar-refractivity contribution in [2.75, 3.05) is 19.8 Å². The Morgan fingerprint density at radius 2 is 1.56 bits per heavy atom. The monoisotopic (exact) mass is 369 g/mol. The van der Waals surface area contributed by atoms with E-state index in [9.17, 15) is 4.79 Å². The molecule has 0 saturated carbocycles. The van der Waals surface area contributed by atoms with Crippen molar-refractivity contribution >= 4 is 5.91 Å². The summed E-state index contributed by atoms with van der Waals surface area (Å²) in [6.45, 7) is 7.83. The zero-order chi connectivity index (χ0) is 19.5. The zero-order valence-corrected chi connectivity index (χ0v) is 16.7. The maximum atomic E-state index is 12.0. The second kappa shape index (κ2) is 11.3. The summed E-state index contributed by atoms with van der Waals surface area (Å²) in [7, 11) is 0. The van der Waals surface area contributed by atoms with Crippen LogP contribution in [0.15, 0.2) is 42.5 Å². The van der Waals surface area contributed by atoms with Gasteiger partial charge in [-0.1, -0.05) is 35.9 Å². The third-order valence-corrected chi connectivity index (χ3v) is 4.33. The van der Waals surface area contributed by atoms with Crippen LogP contribution in [0.1, 0.15) is 43.4 Å². The average molecular weight is 370 g/mol. The number of benzene rings is 2. The van der Waals surface area contributed by atoms with E-state index >= 15 is 0 Å². The molecular weight excluding hydrogens is 338 g/mol. The van der Waals surface area contributed by atoms with Gasteiger partial charge in [-0.3, -0.25) is 4.79 Å². The molecule has 0 aromatic heterocycles. The van der Waals surface area contributed by atoms with Gasteiger partial charge in [0.1, 0.15) is 0 Å². The van der Waals surface area contributed by atoms with E-state index in [2.05, 4.69) is 36.5 Å². The van der Waals surface area contributed by atoms with Gasteiger partial charge in [0, 0.05) is 13.0 Å². The van der Waals surface area contributed by atoms with E-state index in [0.29, 0.717) is 26.2 Å². The molecule has 0 aliphatic rings. The van der Waals surface area contributed by atoms with E-state index < -0.39 is 0 Å². The Hall–Kier alpha value is -2.49. The molecule has 0 unspecified atom stereocenters. The van der Waals surface area contributed by atoms with Gasteiger partial charge in [-0.25, -0.2) is 0 Å². The van der Waals surface area contributed by atoms with Gasteiger partial charge in [0.25, 0.3) is 0 Å². The van der Waals surface area contributed by atoms with Gasteiger partial charge >= 0.3 is 0 Å². The first kappa shape index (κ1) is 20.8. The summed E-state index contributed by atoms with van der Waals surface area (Å²) in [4.78, 5) is 12.0. The fourth-order valence-electron chi connectivity index (χ4n) is 2.89. The zero-order valence-electron chi connectivity index (χ0n) is 16.7. The lowest BCUT2D eigenvalue weighted by atomic mass is 10.1. The van der Waals surface area contributed by atoms with Gasteiger partial charge in [0.15, 0.2) is 11.5 Å². The van der Waals surface area contributed by atoms with Gasteiger partial charge in [-0.15, -0.1) is 0 Å². The average Bonchev–Trinajstić information content (AvgIpc) is 2.66. The van der Waals surface area contributed by atoms with E-state index in [4.69, 9.17) is 9.47 Å². The van der Waals surface area contributed by atoms with E-state index in [1.807, 2.05) is 32.0 Å². The minimum atomic E-state index is 0.109. The number of aryl methyl sites for hydroxylation is 2. The van der Waals surface area contributed by atoms with Crippen LogP contribution >= 0.6 is 0 Å². The highest BCUT2D eigenvalue weighted by Gasteiger charge is 2.07. The van der Waals surface area contributed by atoms with Crippen LogP contribution in [0.5, 0.6) is 11.5 Å². The largest absolute Gasteiger partial charge is 0.490 e. The second-order valence-electron chi connectivity index (χ2n) is 6.59. The molecule has 0 spiro atoms. The number of hydrogen-bond donors (Lipinski definition) is 1. The Bertz CT molecular complexity index is 710. The molecule has 0 saturated heterocycles. The number of nitrogens with one attached hydrogen (secondary N) is 1. The van der Waals surface area contributed by atoms with E-state index in [-0.39, 0.29) is 5.91 Å². The quantitative estimate of drug-likeness (QED) is 0.635. The van der Waals surface area contributed by atoms with Crippen LogP contribution in [0.4, 0.5) is 0 Å². The maximum Gasteiger partial charge on any atom is 0.220 e. The summed E-state index contributed by atoms with van der Waals surface area (Å²) in [5, 5.41) is 3.01. The molecule has 0 heterocycles. The van der Waals surface area contributed by atoms with Gasteiger partial charge in [-0.05, 0) is 63.3 Å². The molecule has 0 aliphatic heterocycles. The SMILES string of the molecule is CCOc1ccc(CCNC(=O)CCCc2ccc(C)cc2)cc1OCC. The summed E-state index contributed by atoms with van der Waals surface area (Å²) in [6.07, 6.45) is 3.13. The number of amides is 1. The van der Waals surface area contributed by atoms with Crippen molar-refractivity contribution < 1.29 is 14.3 Å². The summed E-state index contributed by atoms with van der Waals surface area (Å²) in [6, 6.07) is 14.5. The van der Waals surface area contributed by atoms with Crippen molar-refractivity contribution in [1.29, 1.82) is 0 Å². The van der Waals surface area contributed by atoms with Crippen molar-refractivity contribution in [3.05, 3.63) is 59.2 Å². The van der Waals surface area contributed by atoms with E-state index in [1.54, 1.807) is 0 Å². The Balaban J connectivity index is 1.72. The fourth-order valence-corrected chi connectivity index (χ4v) is 2.89. The molecule has 4 heteroatoms. The van der Waals surface area contributed by atoms with Crippen LogP contribution in [0.2, 0.25) is 0 Å². The van der Waals surface area contributed by atoms with Crippen LogP contribution in [-0.2, 0) is 17.6 Å². The summed E-state index contributed by atoms with van der Waals surface area (Å²) >= 11 is 0. The van der Waals surface area contributed by atoms with Crippen LogP contribution < -0.4 is 14.8 Å². The van der Waals surface area contributed by atoms with Crippen molar-refractivity contribution in [1.82, 2.24) is 5.32 Å². The summed E-state index contributed by atoms with van der Waals surface area (Å²) < 4.78 is 11.2. The van der Waals surface area contributed by atoms with E-state index in [0.717, 1.165) is 36.3 Å².